The van der Waals surface area contributed by atoms with Crippen molar-refractivity contribution in [3.05, 3.63) is 320 Å². The summed E-state index contributed by atoms with van der Waals surface area (Å²) < 4.78 is 2.59. The highest BCUT2D eigenvalue weighted by atomic mass is 15.0. The second-order valence-electron chi connectivity index (χ2n) is 27.2. The van der Waals surface area contributed by atoms with E-state index in [0.29, 0.717) is 0 Å². The van der Waals surface area contributed by atoms with E-state index in [9.17, 15) is 0 Å². The minimum atomic E-state index is -0.231. The molecule has 2 fully saturated rings. The maximum Gasteiger partial charge on any atom is 0.0732 e. The molecule has 0 saturated heterocycles. The fraction of sp³-hybridized carbons (Fsp3) is 0.109. The van der Waals surface area contributed by atoms with Gasteiger partial charge in [0.25, 0.3) is 0 Å². The molecule has 3 heteroatoms. The molecule has 0 aliphatic heterocycles. The lowest BCUT2D eigenvalue weighted by atomic mass is 9.77. The second-order valence-corrected chi connectivity index (χ2v) is 27.2. The quantitative estimate of drug-likeness (QED) is 0.144. The third-order valence-electron chi connectivity index (χ3n) is 22.5. The van der Waals surface area contributed by atoms with Gasteiger partial charge in [0.1, 0.15) is 0 Å². The van der Waals surface area contributed by atoms with Gasteiger partial charge in [0.05, 0.1) is 40.3 Å². The molecule has 4 aliphatic carbocycles. The molecular formula is C92H65N3. The van der Waals surface area contributed by atoms with Crippen molar-refractivity contribution < 1.29 is 0 Å². The van der Waals surface area contributed by atoms with Crippen LogP contribution in [-0.4, -0.2) is 14.4 Å². The van der Waals surface area contributed by atoms with Crippen molar-refractivity contribution in [3.63, 3.8) is 0 Å². The molecule has 3 nitrogen and oxygen atoms in total. The van der Waals surface area contributed by atoms with Crippen molar-refractivity contribution in [2.45, 2.75) is 62.2 Å². The van der Waals surface area contributed by atoms with Gasteiger partial charge in [-0.05, 0) is 172 Å². The summed E-state index contributed by atoms with van der Waals surface area (Å²) in [7, 11) is 0. The smallest absolute Gasteiger partial charge is 0.0732 e. The maximum atomic E-state index is 5.88. The molecule has 0 bridgehead atoms. The van der Waals surface area contributed by atoms with Crippen LogP contribution in [-0.2, 0) is 10.8 Å². The first-order valence-electron chi connectivity index (χ1n) is 34.2. The van der Waals surface area contributed by atoms with Crippen LogP contribution in [0, 0.1) is 0 Å². The zero-order valence-electron chi connectivity index (χ0n) is 52.8. The first-order valence-corrected chi connectivity index (χ1v) is 34.2. The standard InChI is InChI=1S/C92H65N3/c1-7-26-58(27-8-1)67-38-23-39-68(59-28-9-2-10-29-59)81(67)64-44-46-73-77(54-64)91(48-19-20-49-91)89-86(73)84-75-52-66(83-71(62-34-15-5-16-35-62)42-25-43-72(83)63-36-17-6-18-37-63)53-76-85-80(95(88(75)76)79(84)56-93-89)57-94-90-87(85)74-47-45-65(55-78(74)92(90)50-21-22-51-92)82-69(60-30-11-3-12-31-60)40-24-41-70(82)61-32-13-4-14-33-61/h1-18,23-47,52-57H,19-22,48-51H2. The van der Waals surface area contributed by atoms with Gasteiger partial charge < -0.3 is 4.40 Å². The molecule has 2 saturated carbocycles. The van der Waals surface area contributed by atoms with Gasteiger partial charge >= 0.3 is 0 Å². The minimum absolute atomic E-state index is 0.231. The summed E-state index contributed by atoms with van der Waals surface area (Å²) >= 11 is 0. The van der Waals surface area contributed by atoms with Crippen molar-refractivity contribution in [1.29, 1.82) is 0 Å². The van der Waals surface area contributed by atoms with Crippen molar-refractivity contribution in [2.75, 3.05) is 0 Å². The molecule has 16 aromatic rings. The molecular weight excluding hydrogens is 1150 g/mol. The van der Waals surface area contributed by atoms with Gasteiger partial charge in [-0.2, -0.15) is 0 Å². The molecule has 4 aliphatic rings. The van der Waals surface area contributed by atoms with Crippen molar-refractivity contribution in [1.82, 2.24) is 14.4 Å². The van der Waals surface area contributed by atoms with Crippen LogP contribution in [0.4, 0.5) is 0 Å². The summed E-state index contributed by atoms with van der Waals surface area (Å²) in [5.41, 5.74) is 35.7. The molecule has 0 amide bonds. The molecule has 12 aromatic carbocycles. The minimum Gasteiger partial charge on any atom is -0.305 e. The lowest BCUT2D eigenvalue weighted by molar-refractivity contribution is 0.534. The van der Waals surface area contributed by atoms with Gasteiger partial charge in [0, 0.05) is 43.5 Å². The Labute approximate surface area is 553 Å². The van der Waals surface area contributed by atoms with Crippen molar-refractivity contribution in [2.24, 2.45) is 0 Å². The average Bonchev–Trinajstić information content (AvgIpc) is 1.75. The van der Waals surface area contributed by atoms with E-state index in [1.807, 2.05) is 0 Å². The fourth-order valence-corrected chi connectivity index (χ4v) is 18.5. The largest absolute Gasteiger partial charge is 0.305 e. The van der Waals surface area contributed by atoms with Crippen LogP contribution in [0.5, 0.6) is 0 Å². The summed E-state index contributed by atoms with van der Waals surface area (Å²) in [6, 6.07) is 107. The molecule has 0 atom stereocenters. The molecule has 20 rings (SSSR count). The average molecular weight is 1210 g/mol. The SMILES string of the molecule is c1ccc(-c2cccc(-c3ccccc3)c2-c2ccc3c(c2)C2(CCCC2)c2ncc4c(c2-3)c2cc(-c3c(-c5ccccc5)cccc3-c3ccccc3)cc3c5c6c(ncc5n4c23)C2(CCCC2)c2cc(-c3c(-c4ccccc4)cccc3-c3ccccc3)ccc2-6)cc1. The van der Waals surface area contributed by atoms with Gasteiger partial charge in [-0.3, -0.25) is 9.97 Å². The number of rotatable bonds is 9. The van der Waals surface area contributed by atoms with E-state index in [0.717, 1.165) is 62.4 Å². The predicted octanol–water partition coefficient (Wildman–Crippen LogP) is 24.3. The van der Waals surface area contributed by atoms with E-state index in [1.54, 1.807) is 0 Å². The Bertz CT molecular complexity index is 5280. The number of hydrogen-bond donors (Lipinski definition) is 0. The fourth-order valence-electron chi connectivity index (χ4n) is 18.5. The van der Waals surface area contributed by atoms with Gasteiger partial charge in [-0.25, -0.2) is 0 Å². The van der Waals surface area contributed by atoms with Gasteiger partial charge in [0.2, 0.25) is 0 Å². The zero-order valence-corrected chi connectivity index (χ0v) is 52.8. The van der Waals surface area contributed by atoms with Gasteiger partial charge in [0.15, 0.2) is 0 Å². The monoisotopic (exact) mass is 1210 g/mol. The Morgan fingerprint density at radius 3 is 0.853 bits per heavy atom. The second kappa shape index (κ2) is 21.1. The molecule has 0 unspecified atom stereocenters. The lowest BCUT2D eigenvalue weighted by Crippen LogP contribution is -2.22. The van der Waals surface area contributed by atoms with Crippen molar-refractivity contribution >= 4 is 38.1 Å². The highest BCUT2D eigenvalue weighted by Gasteiger charge is 2.50. The summed E-state index contributed by atoms with van der Waals surface area (Å²) in [4.78, 5) is 11.8. The highest BCUT2D eigenvalue weighted by Crippen LogP contribution is 2.63. The van der Waals surface area contributed by atoms with E-state index in [1.165, 1.54) is 172 Å². The normalized spacial score (nSPS) is 14.8. The van der Waals surface area contributed by atoms with E-state index in [-0.39, 0.29) is 10.8 Å². The van der Waals surface area contributed by atoms with Crippen LogP contribution in [0.3, 0.4) is 0 Å². The maximum absolute atomic E-state index is 5.88. The predicted molar refractivity (Wildman–Crippen MR) is 395 cm³/mol. The third kappa shape index (κ3) is 7.93. The summed E-state index contributed by atoms with van der Waals surface area (Å²) in [6.45, 7) is 0. The van der Waals surface area contributed by atoms with Crippen LogP contribution in [0.15, 0.2) is 298 Å². The Morgan fingerprint density at radius 1 is 0.253 bits per heavy atom. The highest BCUT2D eigenvalue weighted by molar-refractivity contribution is 6.30. The Hall–Kier alpha value is -11.3. The Kier molecular flexibility index (Phi) is 12.1. The molecule has 4 aromatic heterocycles. The molecule has 95 heavy (non-hydrogen) atoms. The Morgan fingerprint density at radius 2 is 0.547 bits per heavy atom. The zero-order chi connectivity index (χ0) is 62.3. The third-order valence-corrected chi connectivity index (χ3v) is 22.5. The van der Waals surface area contributed by atoms with Crippen LogP contribution in [0.25, 0.3) is 160 Å². The first-order chi connectivity index (χ1) is 47.1. The van der Waals surface area contributed by atoms with Crippen LogP contribution in [0.2, 0.25) is 0 Å². The number of fused-ring (bicyclic) bond motifs is 18. The summed E-state index contributed by atoms with van der Waals surface area (Å²) in [6.07, 6.45) is 13.4. The number of hydrogen-bond acceptors (Lipinski definition) is 2. The number of pyridine rings is 2. The van der Waals surface area contributed by atoms with Crippen molar-refractivity contribution in [3.8, 4) is 122 Å². The summed E-state index contributed by atoms with van der Waals surface area (Å²) in [5.74, 6) is 0. The van der Waals surface area contributed by atoms with Crippen LogP contribution in [0.1, 0.15) is 73.9 Å². The van der Waals surface area contributed by atoms with Gasteiger partial charge in [-0.15, -0.1) is 0 Å². The van der Waals surface area contributed by atoms with Crippen LogP contribution >= 0.6 is 0 Å². The molecule has 2 spiro atoms. The van der Waals surface area contributed by atoms with E-state index >= 15 is 0 Å². The van der Waals surface area contributed by atoms with E-state index < -0.39 is 0 Å². The molecule has 4 heterocycles. The number of nitrogens with zero attached hydrogens (tertiary/aromatic N) is 3. The van der Waals surface area contributed by atoms with E-state index in [4.69, 9.17) is 9.97 Å². The number of benzene rings is 12. The van der Waals surface area contributed by atoms with Gasteiger partial charge in [-0.1, -0.05) is 287 Å². The molecule has 0 N–H and O–H groups in total. The number of aromatic nitrogens is 3. The lowest BCUT2D eigenvalue weighted by Gasteiger charge is -2.26. The van der Waals surface area contributed by atoms with E-state index in [2.05, 4.69) is 302 Å². The Balaban J connectivity index is 0.881. The topological polar surface area (TPSA) is 30.2 Å². The first kappa shape index (κ1) is 54.3. The molecule has 448 valence electrons. The molecule has 0 radical (unpaired) electrons. The summed E-state index contributed by atoms with van der Waals surface area (Å²) in [5, 5.41) is 5.10. The van der Waals surface area contributed by atoms with Crippen LogP contribution < -0.4 is 0 Å².